The molecule has 0 aliphatic carbocycles. The van der Waals surface area contributed by atoms with Crippen LogP contribution in [0, 0.1) is 0 Å². The molecule has 0 saturated heterocycles. The number of rotatable bonds is 5. The molecule has 0 radical (unpaired) electrons. The highest BCUT2D eigenvalue weighted by Gasteiger charge is 2.09. The summed E-state index contributed by atoms with van der Waals surface area (Å²) in [6.45, 7) is 0. The minimum Gasteiger partial charge on any atom is -0.361 e. The predicted molar refractivity (Wildman–Crippen MR) is 105 cm³/mol. The number of H-pyrrole nitrogens is 1. The minimum absolute atomic E-state index is 0.168. The second-order valence-corrected chi connectivity index (χ2v) is 6.76. The van der Waals surface area contributed by atoms with E-state index in [2.05, 4.69) is 20.5 Å². The number of thioether (sulfide) groups is 1. The van der Waals surface area contributed by atoms with Crippen LogP contribution in [0.4, 0.5) is 0 Å². The molecule has 0 bridgehead atoms. The van der Waals surface area contributed by atoms with Gasteiger partial charge in [0.25, 0.3) is 5.91 Å². The molecule has 0 aliphatic rings. The summed E-state index contributed by atoms with van der Waals surface area (Å²) >= 11 is 1.39. The number of fused-ring (bicyclic) bond motifs is 2. The largest absolute Gasteiger partial charge is 0.361 e. The highest BCUT2D eigenvalue weighted by Crippen LogP contribution is 2.22. The normalized spacial score (nSPS) is 11.6. The lowest BCUT2D eigenvalue weighted by atomic mass is 10.2. The van der Waals surface area contributed by atoms with Crippen molar-refractivity contribution in [2.24, 2.45) is 12.1 Å². The van der Waals surface area contributed by atoms with Gasteiger partial charge in [0.15, 0.2) is 5.16 Å². The van der Waals surface area contributed by atoms with Gasteiger partial charge in [-0.2, -0.15) is 5.10 Å². The van der Waals surface area contributed by atoms with E-state index in [0.29, 0.717) is 0 Å². The van der Waals surface area contributed by atoms with E-state index in [0.717, 1.165) is 32.7 Å². The molecule has 2 aromatic heterocycles. The van der Waals surface area contributed by atoms with E-state index in [4.69, 9.17) is 0 Å². The lowest BCUT2D eigenvalue weighted by Gasteiger charge is -2.01. The van der Waals surface area contributed by atoms with Crippen molar-refractivity contribution in [3.05, 3.63) is 60.3 Å². The number of aryl methyl sites for hydroxylation is 1. The fourth-order valence-corrected chi connectivity index (χ4v) is 3.57. The molecular formula is C19H17N5OS. The van der Waals surface area contributed by atoms with Crippen LogP contribution in [-0.2, 0) is 11.8 Å². The monoisotopic (exact) mass is 363 g/mol. The fraction of sp³-hybridized carbons (Fsp3) is 0.105. The number of imidazole rings is 1. The van der Waals surface area contributed by atoms with Crippen molar-refractivity contribution in [2.45, 2.75) is 5.16 Å². The third kappa shape index (κ3) is 3.21. The van der Waals surface area contributed by atoms with Crippen molar-refractivity contribution < 1.29 is 4.79 Å². The standard InChI is InChI=1S/C19H17N5OS/c1-24-17-9-5-4-8-16(17)22-19(24)26-12-18(25)23-21-11-13-10-20-15-7-3-2-6-14(13)15/h2-11,20H,12H2,1H3,(H,23,25). The number of para-hydroxylation sites is 3. The summed E-state index contributed by atoms with van der Waals surface area (Å²) in [4.78, 5) is 19.8. The molecule has 2 N–H and O–H groups in total. The number of amides is 1. The summed E-state index contributed by atoms with van der Waals surface area (Å²) in [6.07, 6.45) is 3.52. The Hall–Kier alpha value is -3.06. The third-order valence-electron chi connectivity index (χ3n) is 4.09. The average Bonchev–Trinajstić information content (AvgIpc) is 3.22. The van der Waals surface area contributed by atoms with E-state index >= 15 is 0 Å². The van der Waals surface area contributed by atoms with E-state index in [-0.39, 0.29) is 11.7 Å². The molecule has 1 amide bonds. The smallest absolute Gasteiger partial charge is 0.250 e. The molecule has 4 rings (SSSR count). The second kappa shape index (κ2) is 7.05. The highest BCUT2D eigenvalue weighted by atomic mass is 32.2. The summed E-state index contributed by atoms with van der Waals surface area (Å²) in [7, 11) is 1.95. The van der Waals surface area contributed by atoms with Crippen molar-refractivity contribution in [3.8, 4) is 0 Å². The lowest BCUT2D eigenvalue weighted by Crippen LogP contribution is -2.19. The van der Waals surface area contributed by atoms with Gasteiger partial charge in [-0.05, 0) is 18.2 Å². The number of benzene rings is 2. The SMILES string of the molecule is Cn1c(SCC(=O)NN=Cc2c[nH]c3ccccc23)nc2ccccc21. The van der Waals surface area contributed by atoms with Crippen LogP contribution < -0.4 is 5.43 Å². The molecule has 0 fully saturated rings. The highest BCUT2D eigenvalue weighted by molar-refractivity contribution is 7.99. The Balaban J connectivity index is 1.37. The van der Waals surface area contributed by atoms with Gasteiger partial charge >= 0.3 is 0 Å². The number of hydrazone groups is 1. The molecular weight excluding hydrogens is 346 g/mol. The van der Waals surface area contributed by atoms with Crippen molar-refractivity contribution in [3.63, 3.8) is 0 Å². The molecule has 0 aliphatic heterocycles. The predicted octanol–water partition coefficient (Wildman–Crippen LogP) is 3.30. The maximum atomic E-state index is 12.0. The molecule has 130 valence electrons. The molecule has 4 aromatic rings. The fourth-order valence-electron chi connectivity index (χ4n) is 2.79. The van der Waals surface area contributed by atoms with Crippen molar-refractivity contribution >= 4 is 45.8 Å². The average molecular weight is 363 g/mol. The Morgan fingerprint density at radius 3 is 2.96 bits per heavy atom. The number of carbonyl (C=O) groups is 1. The van der Waals surface area contributed by atoms with Gasteiger partial charge in [-0.3, -0.25) is 4.79 Å². The number of hydrogen-bond donors (Lipinski definition) is 2. The Labute approximate surface area is 154 Å². The first-order chi connectivity index (χ1) is 12.7. The molecule has 6 nitrogen and oxygen atoms in total. The van der Waals surface area contributed by atoms with E-state index in [1.165, 1.54) is 11.8 Å². The van der Waals surface area contributed by atoms with Crippen molar-refractivity contribution in [1.82, 2.24) is 20.0 Å². The van der Waals surface area contributed by atoms with Gasteiger partial charge < -0.3 is 9.55 Å². The van der Waals surface area contributed by atoms with Gasteiger partial charge in [-0.1, -0.05) is 42.1 Å². The van der Waals surface area contributed by atoms with Crippen LogP contribution in [0.15, 0.2) is 65.0 Å². The van der Waals surface area contributed by atoms with Crippen LogP contribution in [-0.4, -0.2) is 32.4 Å². The van der Waals surface area contributed by atoms with Gasteiger partial charge in [-0.15, -0.1) is 0 Å². The number of nitrogens with one attached hydrogen (secondary N) is 2. The summed E-state index contributed by atoms with van der Waals surface area (Å²) in [5, 5.41) is 5.93. The molecule has 0 unspecified atom stereocenters. The van der Waals surface area contributed by atoms with Gasteiger partial charge in [0.05, 0.1) is 23.0 Å². The summed E-state index contributed by atoms with van der Waals surface area (Å²) < 4.78 is 1.99. The first-order valence-corrected chi connectivity index (χ1v) is 9.13. The minimum atomic E-state index is -0.168. The number of aromatic amines is 1. The van der Waals surface area contributed by atoms with Crippen LogP contribution in [0.1, 0.15) is 5.56 Å². The molecule has 2 aromatic carbocycles. The zero-order valence-electron chi connectivity index (χ0n) is 14.1. The Kier molecular flexibility index (Phi) is 4.45. The van der Waals surface area contributed by atoms with Crippen LogP contribution in [0.2, 0.25) is 0 Å². The van der Waals surface area contributed by atoms with Crippen molar-refractivity contribution in [2.75, 3.05) is 5.75 Å². The number of nitrogens with zero attached hydrogens (tertiary/aromatic N) is 3. The van der Waals surface area contributed by atoms with Crippen LogP contribution in [0.3, 0.4) is 0 Å². The quantitative estimate of drug-likeness (QED) is 0.325. The number of carbonyl (C=O) groups excluding carboxylic acids is 1. The van der Waals surface area contributed by atoms with Gasteiger partial charge in [0, 0.05) is 29.7 Å². The first kappa shape index (κ1) is 16.4. The zero-order valence-corrected chi connectivity index (χ0v) is 15.0. The van der Waals surface area contributed by atoms with E-state index in [9.17, 15) is 4.79 Å². The molecule has 7 heteroatoms. The lowest BCUT2D eigenvalue weighted by molar-refractivity contribution is -0.118. The van der Waals surface area contributed by atoms with Gasteiger partial charge in [0.2, 0.25) is 0 Å². The molecule has 0 atom stereocenters. The maximum Gasteiger partial charge on any atom is 0.250 e. The molecule has 0 saturated carbocycles. The van der Waals surface area contributed by atoms with Gasteiger partial charge in [0.1, 0.15) is 0 Å². The second-order valence-electron chi connectivity index (χ2n) is 5.81. The van der Waals surface area contributed by atoms with Crippen LogP contribution in [0.25, 0.3) is 21.9 Å². The summed E-state index contributed by atoms with van der Waals surface area (Å²) in [5.74, 6) is 0.0840. The maximum absolute atomic E-state index is 12.0. The van der Waals surface area contributed by atoms with Crippen LogP contribution >= 0.6 is 11.8 Å². The van der Waals surface area contributed by atoms with Crippen LogP contribution in [0.5, 0.6) is 0 Å². The molecule has 0 spiro atoms. The number of aromatic nitrogens is 3. The molecule has 2 heterocycles. The summed E-state index contributed by atoms with van der Waals surface area (Å²) in [5.41, 5.74) is 6.52. The van der Waals surface area contributed by atoms with E-state index in [1.54, 1.807) is 6.21 Å². The van der Waals surface area contributed by atoms with Gasteiger partial charge in [-0.25, -0.2) is 10.4 Å². The van der Waals surface area contributed by atoms with E-state index in [1.807, 2.05) is 66.3 Å². The zero-order chi connectivity index (χ0) is 17.9. The topological polar surface area (TPSA) is 75.1 Å². The summed E-state index contributed by atoms with van der Waals surface area (Å²) in [6, 6.07) is 15.9. The van der Waals surface area contributed by atoms with E-state index < -0.39 is 0 Å². The Morgan fingerprint density at radius 2 is 2.08 bits per heavy atom. The third-order valence-corrected chi connectivity index (χ3v) is 5.12. The first-order valence-electron chi connectivity index (χ1n) is 8.14. The Bertz CT molecular complexity index is 1110. The Morgan fingerprint density at radius 1 is 1.27 bits per heavy atom. The number of hydrogen-bond acceptors (Lipinski definition) is 4. The van der Waals surface area contributed by atoms with Crippen molar-refractivity contribution in [1.29, 1.82) is 0 Å². The molecule has 26 heavy (non-hydrogen) atoms.